The lowest BCUT2D eigenvalue weighted by atomic mass is 10.2. The molecule has 14 heteroatoms. The van der Waals surface area contributed by atoms with Crippen LogP contribution in [0.25, 0.3) is 0 Å². The number of benzene rings is 2. The summed E-state index contributed by atoms with van der Waals surface area (Å²) in [5.74, 6) is -3.02. The van der Waals surface area contributed by atoms with E-state index in [0.29, 0.717) is 19.3 Å². The summed E-state index contributed by atoms with van der Waals surface area (Å²) in [6.45, 7) is 0. The van der Waals surface area contributed by atoms with E-state index in [1.54, 1.807) is 0 Å². The Kier molecular flexibility index (Phi) is 7.51. The minimum Gasteiger partial charge on any atom is -0.490 e. The summed E-state index contributed by atoms with van der Waals surface area (Å²) < 4.78 is 87.5. The van der Waals surface area contributed by atoms with Crippen LogP contribution in [0.2, 0.25) is 0 Å². The molecule has 1 aliphatic carbocycles. The summed E-state index contributed by atoms with van der Waals surface area (Å²) in [6.07, 6.45) is -9.20. The Balaban J connectivity index is 1.54. The van der Waals surface area contributed by atoms with Crippen LogP contribution in [0.1, 0.15) is 29.6 Å². The third-order valence-corrected chi connectivity index (χ3v) is 4.76. The van der Waals surface area contributed by atoms with Gasteiger partial charge in [-0.15, -0.1) is 26.3 Å². The number of carbonyl (C=O) groups excluding carboxylic acids is 1. The first-order chi connectivity index (χ1) is 16.3. The van der Waals surface area contributed by atoms with Gasteiger partial charge in [0, 0.05) is 24.2 Å². The molecule has 0 spiro atoms. The Morgan fingerprint density at radius 1 is 0.914 bits per heavy atom. The highest BCUT2D eigenvalue weighted by Gasteiger charge is 2.34. The maximum Gasteiger partial charge on any atom is 0.573 e. The lowest BCUT2D eigenvalue weighted by Crippen LogP contribution is -2.37. The van der Waals surface area contributed by atoms with E-state index in [0.717, 1.165) is 30.3 Å². The van der Waals surface area contributed by atoms with E-state index in [-0.39, 0.29) is 17.5 Å². The molecule has 1 saturated carbocycles. The van der Waals surface area contributed by atoms with Crippen molar-refractivity contribution in [3.05, 3.63) is 48.0 Å². The topological polar surface area (TPSA) is 106 Å². The molecule has 2 unspecified atom stereocenters. The van der Waals surface area contributed by atoms with E-state index in [9.17, 15) is 35.9 Å². The standard InChI is InChI=1S/C21H18F6N2O6/c22-20(23,24)34-15-3-1-2-11(9-15)28-19(32)29-12-4-5-13(8-12)33-14-6-7-17(35-21(25,26)27)16(10-14)18(30)31/h1-3,6-7,9-10,12-13H,4-5,8H2,(H,30,31)(H2,28,29,32). The van der Waals surface area contributed by atoms with Gasteiger partial charge in [-0.2, -0.15) is 0 Å². The van der Waals surface area contributed by atoms with Gasteiger partial charge in [-0.3, -0.25) is 0 Å². The molecule has 8 nitrogen and oxygen atoms in total. The van der Waals surface area contributed by atoms with Crippen molar-refractivity contribution in [1.82, 2.24) is 5.32 Å². The van der Waals surface area contributed by atoms with Crippen LogP contribution in [0.15, 0.2) is 42.5 Å². The highest BCUT2D eigenvalue weighted by molar-refractivity contribution is 5.91. The first-order valence-electron chi connectivity index (χ1n) is 10.0. The van der Waals surface area contributed by atoms with E-state index in [1.165, 1.54) is 12.1 Å². The number of carboxylic acids is 1. The summed E-state index contributed by atoms with van der Waals surface area (Å²) in [4.78, 5) is 23.5. The highest BCUT2D eigenvalue weighted by atomic mass is 19.4. The van der Waals surface area contributed by atoms with E-state index in [2.05, 4.69) is 20.1 Å². The molecular weight excluding hydrogens is 490 g/mol. The average molecular weight is 508 g/mol. The van der Waals surface area contributed by atoms with Crippen molar-refractivity contribution in [2.45, 2.75) is 44.1 Å². The van der Waals surface area contributed by atoms with Crippen LogP contribution in [0.5, 0.6) is 17.2 Å². The third-order valence-electron chi connectivity index (χ3n) is 4.76. The molecule has 0 aliphatic heterocycles. The van der Waals surface area contributed by atoms with Crippen LogP contribution in [-0.4, -0.2) is 42.0 Å². The predicted molar refractivity (Wildman–Crippen MR) is 107 cm³/mol. The highest BCUT2D eigenvalue weighted by Crippen LogP contribution is 2.32. The molecule has 1 aliphatic rings. The van der Waals surface area contributed by atoms with Gasteiger partial charge in [0.2, 0.25) is 0 Å². The number of hydrogen-bond acceptors (Lipinski definition) is 5. The molecule has 2 amide bonds. The Labute approximate surface area is 193 Å². The molecule has 35 heavy (non-hydrogen) atoms. The quantitative estimate of drug-likeness (QED) is 0.438. The minimum absolute atomic E-state index is 0.00788. The van der Waals surface area contributed by atoms with Crippen LogP contribution in [0, 0.1) is 0 Å². The number of halogens is 6. The summed E-state index contributed by atoms with van der Waals surface area (Å²) in [6, 6.07) is 6.54. The fourth-order valence-electron chi connectivity index (χ4n) is 3.46. The maximum absolute atomic E-state index is 12.4. The van der Waals surface area contributed by atoms with E-state index >= 15 is 0 Å². The zero-order chi connectivity index (χ0) is 25.8. The number of aromatic carboxylic acids is 1. The fourth-order valence-corrected chi connectivity index (χ4v) is 3.46. The molecule has 1 fully saturated rings. The summed E-state index contributed by atoms with van der Waals surface area (Å²) in [5, 5.41) is 14.2. The number of hydrogen-bond donors (Lipinski definition) is 3. The Hall–Kier alpha value is -3.84. The van der Waals surface area contributed by atoms with Crippen LogP contribution in [0.4, 0.5) is 36.8 Å². The van der Waals surface area contributed by atoms with E-state index < -0.39 is 47.9 Å². The summed E-state index contributed by atoms with van der Waals surface area (Å²) in [5.41, 5.74) is -0.666. The van der Waals surface area contributed by atoms with Crippen molar-refractivity contribution in [3.8, 4) is 17.2 Å². The Morgan fingerprint density at radius 3 is 2.29 bits per heavy atom. The summed E-state index contributed by atoms with van der Waals surface area (Å²) >= 11 is 0. The molecule has 0 radical (unpaired) electrons. The minimum atomic E-state index is -5.07. The van der Waals surface area contributed by atoms with Crippen LogP contribution in [-0.2, 0) is 0 Å². The van der Waals surface area contributed by atoms with Crippen LogP contribution in [0.3, 0.4) is 0 Å². The second-order valence-electron chi connectivity index (χ2n) is 7.43. The number of rotatable bonds is 7. The number of amides is 2. The lowest BCUT2D eigenvalue weighted by Gasteiger charge is -2.17. The van der Waals surface area contributed by atoms with Gasteiger partial charge in [0.15, 0.2) is 0 Å². The first kappa shape index (κ1) is 25.8. The molecule has 0 aromatic heterocycles. The second-order valence-corrected chi connectivity index (χ2v) is 7.43. The monoisotopic (exact) mass is 508 g/mol. The second kappa shape index (κ2) is 10.2. The Morgan fingerprint density at radius 2 is 1.63 bits per heavy atom. The van der Waals surface area contributed by atoms with Gasteiger partial charge in [-0.05, 0) is 43.2 Å². The third kappa shape index (κ3) is 8.15. The first-order valence-corrected chi connectivity index (χ1v) is 10.0. The zero-order valence-electron chi connectivity index (χ0n) is 17.6. The van der Waals surface area contributed by atoms with Crippen molar-refractivity contribution in [3.63, 3.8) is 0 Å². The molecule has 190 valence electrons. The van der Waals surface area contributed by atoms with Crippen molar-refractivity contribution in [2.75, 3.05) is 5.32 Å². The number of urea groups is 1. The molecular formula is C21H18F6N2O6. The smallest absolute Gasteiger partial charge is 0.490 e. The SMILES string of the molecule is O=C(Nc1cccc(OC(F)(F)F)c1)NC1CCC(Oc2ccc(OC(F)(F)F)c(C(=O)O)c2)C1. The van der Waals surface area contributed by atoms with Crippen molar-refractivity contribution < 1.29 is 55.2 Å². The number of carbonyl (C=O) groups is 2. The number of carboxylic acid groups (broad SMARTS) is 1. The predicted octanol–water partition coefficient (Wildman–Crippen LogP) is 5.30. The maximum atomic E-state index is 12.4. The number of ether oxygens (including phenoxy) is 3. The molecule has 2 aromatic carbocycles. The molecule has 3 N–H and O–H groups in total. The van der Waals surface area contributed by atoms with Crippen LogP contribution >= 0.6 is 0 Å². The summed E-state index contributed by atoms with van der Waals surface area (Å²) in [7, 11) is 0. The number of anilines is 1. The number of alkyl halides is 6. The van der Waals surface area contributed by atoms with Gasteiger partial charge in [-0.25, -0.2) is 9.59 Å². The Bertz CT molecular complexity index is 1080. The average Bonchev–Trinajstić information content (AvgIpc) is 3.13. The zero-order valence-corrected chi connectivity index (χ0v) is 17.6. The molecule has 2 atom stereocenters. The largest absolute Gasteiger partial charge is 0.573 e. The van der Waals surface area contributed by atoms with Crippen LogP contribution < -0.4 is 24.8 Å². The molecule has 0 bridgehead atoms. The lowest BCUT2D eigenvalue weighted by molar-refractivity contribution is -0.275. The van der Waals surface area contributed by atoms with Crippen molar-refractivity contribution in [1.29, 1.82) is 0 Å². The van der Waals surface area contributed by atoms with Gasteiger partial charge in [0.05, 0.1) is 0 Å². The van der Waals surface area contributed by atoms with Gasteiger partial charge in [0.25, 0.3) is 0 Å². The van der Waals surface area contributed by atoms with Gasteiger partial charge >= 0.3 is 24.7 Å². The van der Waals surface area contributed by atoms with Gasteiger partial charge in [0.1, 0.15) is 28.9 Å². The molecule has 2 aromatic rings. The van der Waals surface area contributed by atoms with E-state index in [1.807, 2.05) is 0 Å². The normalized spacial score (nSPS) is 18.0. The van der Waals surface area contributed by atoms with Gasteiger partial charge < -0.3 is 30.0 Å². The number of nitrogens with one attached hydrogen (secondary N) is 2. The van der Waals surface area contributed by atoms with E-state index in [4.69, 9.17) is 9.84 Å². The van der Waals surface area contributed by atoms with Gasteiger partial charge in [-0.1, -0.05) is 6.07 Å². The van der Waals surface area contributed by atoms with Crippen molar-refractivity contribution in [2.24, 2.45) is 0 Å². The molecule has 0 saturated heterocycles. The molecule has 3 rings (SSSR count). The van der Waals surface area contributed by atoms with Crippen molar-refractivity contribution >= 4 is 17.7 Å². The molecule has 0 heterocycles. The fraction of sp³-hybridized carbons (Fsp3) is 0.333.